The zero-order valence-corrected chi connectivity index (χ0v) is 11.9. The summed E-state index contributed by atoms with van der Waals surface area (Å²) in [5.41, 5.74) is 0. The predicted octanol–water partition coefficient (Wildman–Crippen LogP) is -7.00. The van der Waals surface area contributed by atoms with E-state index in [1.165, 1.54) is 0 Å². The normalized spacial score (nSPS) is 8.42. The Morgan fingerprint density at radius 3 is 0.842 bits per heavy atom. The molecule has 0 rings (SSSR count). The second-order valence-corrected chi connectivity index (χ2v) is 2.47. The number of carbonyl (C=O) groups excluding carboxylic acids is 4. The van der Waals surface area contributed by atoms with Crippen LogP contribution >= 0.6 is 0 Å². The summed E-state index contributed by atoms with van der Waals surface area (Å²) < 4.78 is 8.06. The molecule has 0 saturated heterocycles. The summed E-state index contributed by atoms with van der Waals surface area (Å²) in [7, 11) is 0. The summed E-state index contributed by atoms with van der Waals surface area (Å²) in [6.07, 6.45) is 0. The molecule has 11 heteroatoms. The van der Waals surface area contributed by atoms with E-state index < -0.39 is 50.3 Å². The molecule has 0 aromatic rings. The van der Waals surface area contributed by atoms with Gasteiger partial charge in [0.15, 0.2) is 0 Å². The summed E-state index contributed by atoms with van der Waals surface area (Å²) in [5, 5.41) is 38.1. The summed E-state index contributed by atoms with van der Waals surface area (Å²) >= 11 is 0. The van der Waals surface area contributed by atoms with Crippen LogP contribution < -0.4 is 20.4 Å². The number of ether oxygens (including phenoxy) is 2. The summed E-state index contributed by atoms with van der Waals surface area (Å²) in [4.78, 5) is 38.1. The Balaban J connectivity index is -0.000000256. The molecule has 0 N–H and O–H groups in total. The SMILES string of the molecule is O=C([O-])COCC(=O)[O-].O=C([O-])COCC(=O)[O-].[Zr+4]. The number of aliphatic carboxylic acids is 4. The smallest absolute Gasteiger partial charge is 0.548 e. The number of carbonyl (C=O) groups is 4. The van der Waals surface area contributed by atoms with Gasteiger partial charge in [-0.1, -0.05) is 0 Å². The number of carboxylic acids is 4. The van der Waals surface area contributed by atoms with Crippen molar-refractivity contribution in [1.29, 1.82) is 0 Å². The van der Waals surface area contributed by atoms with Crippen molar-refractivity contribution in [2.45, 2.75) is 0 Å². The van der Waals surface area contributed by atoms with Crippen LogP contribution in [-0.2, 0) is 54.9 Å². The van der Waals surface area contributed by atoms with Crippen molar-refractivity contribution in [3.63, 3.8) is 0 Å². The van der Waals surface area contributed by atoms with Crippen LogP contribution in [0.5, 0.6) is 0 Å². The van der Waals surface area contributed by atoms with Crippen LogP contribution in [0, 0.1) is 0 Å². The van der Waals surface area contributed by atoms with E-state index in [1.54, 1.807) is 0 Å². The Hall–Kier alpha value is -1.32. The van der Waals surface area contributed by atoms with E-state index in [9.17, 15) is 39.6 Å². The number of hydrogen-bond donors (Lipinski definition) is 0. The van der Waals surface area contributed by atoms with Crippen molar-refractivity contribution in [3.05, 3.63) is 0 Å². The van der Waals surface area contributed by atoms with Gasteiger partial charge in [0.05, 0.1) is 50.3 Å². The Morgan fingerprint density at radius 2 is 0.737 bits per heavy atom. The van der Waals surface area contributed by atoms with Gasteiger partial charge in [-0.05, 0) is 0 Å². The molecule has 0 aliphatic heterocycles. The minimum Gasteiger partial charge on any atom is -0.548 e. The minimum atomic E-state index is -1.45. The molecule has 0 amide bonds. The molecule has 0 fully saturated rings. The molecule has 0 aliphatic carbocycles. The molecule has 0 saturated carbocycles. The average molecular weight is 355 g/mol. The molecule has 0 radical (unpaired) electrons. The van der Waals surface area contributed by atoms with E-state index in [4.69, 9.17) is 0 Å². The van der Waals surface area contributed by atoms with Gasteiger partial charge in [-0.2, -0.15) is 0 Å². The Bertz CT molecular complexity index is 244. The van der Waals surface area contributed by atoms with E-state index in [-0.39, 0.29) is 26.2 Å². The maximum absolute atomic E-state index is 9.53. The Labute approximate surface area is 126 Å². The van der Waals surface area contributed by atoms with Gasteiger partial charge in [-0.25, -0.2) is 0 Å². The second-order valence-electron chi connectivity index (χ2n) is 2.47. The van der Waals surface area contributed by atoms with Crippen LogP contribution in [-0.4, -0.2) is 50.3 Å². The van der Waals surface area contributed by atoms with Crippen LogP contribution in [0.15, 0.2) is 0 Å². The average Bonchev–Trinajstić information content (AvgIpc) is 2.15. The molecule has 0 atom stereocenters. The van der Waals surface area contributed by atoms with Crippen LogP contribution in [0.2, 0.25) is 0 Å². The monoisotopic (exact) mass is 354 g/mol. The quantitative estimate of drug-likeness (QED) is 0.406. The molecule has 0 bridgehead atoms. The van der Waals surface area contributed by atoms with Crippen molar-refractivity contribution < 1.29 is 75.3 Å². The van der Waals surface area contributed by atoms with Crippen LogP contribution in [0.3, 0.4) is 0 Å². The molecule has 19 heavy (non-hydrogen) atoms. The predicted molar refractivity (Wildman–Crippen MR) is 41.7 cm³/mol. The van der Waals surface area contributed by atoms with Crippen LogP contribution in [0.1, 0.15) is 0 Å². The molecular weight excluding hydrogens is 347 g/mol. The van der Waals surface area contributed by atoms with E-state index >= 15 is 0 Å². The van der Waals surface area contributed by atoms with Gasteiger partial charge in [-0.15, -0.1) is 0 Å². The molecule has 0 aromatic heterocycles. The van der Waals surface area contributed by atoms with Gasteiger partial charge in [0.2, 0.25) is 0 Å². The van der Waals surface area contributed by atoms with E-state index in [0.29, 0.717) is 0 Å². The second kappa shape index (κ2) is 14.7. The molecular formula is C8H8O10Zr. The fourth-order valence-electron chi connectivity index (χ4n) is 0.435. The zero-order chi connectivity index (χ0) is 14.6. The first kappa shape index (κ1) is 22.8. The summed E-state index contributed by atoms with van der Waals surface area (Å²) in [5.74, 6) is -5.79. The first-order chi connectivity index (χ1) is 8.25. The molecule has 0 aromatic carbocycles. The third-order valence-corrected chi connectivity index (χ3v) is 0.880. The fourth-order valence-corrected chi connectivity index (χ4v) is 0.435. The third-order valence-electron chi connectivity index (χ3n) is 0.880. The molecule has 0 heterocycles. The van der Waals surface area contributed by atoms with E-state index in [0.717, 1.165) is 0 Å². The first-order valence-electron chi connectivity index (χ1n) is 4.20. The summed E-state index contributed by atoms with van der Waals surface area (Å²) in [6.45, 7) is -2.86. The largest absolute Gasteiger partial charge is 4.00 e. The maximum Gasteiger partial charge on any atom is 4.00 e. The van der Waals surface area contributed by atoms with Gasteiger partial charge >= 0.3 is 26.2 Å². The molecule has 0 aliphatic rings. The van der Waals surface area contributed by atoms with Crippen molar-refractivity contribution in [3.8, 4) is 0 Å². The number of rotatable bonds is 8. The van der Waals surface area contributed by atoms with Crippen LogP contribution in [0.4, 0.5) is 0 Å². The van der Waals surface area contributed by atoms with Crippen molar-refractivity contribution in [1.82, 2.24) is 0 Å². The maximum atomic E-state index is 9.53. The Morgan fingerprint density at radius 1 is 0.579 bits per heavy atom. The van der Waals surface area contributed by atoms with Crippen LogP contribution in [0.25, 0.3) is 0 Å². The number of carboxylic acid groups (broad SMARTS) is 4. The van der Waals surface area contributed by atoms with Gasteiger partial charge in [-0.3, -0.25) is 0 Å². The Kier molecular flexibility index (Phi) is 17.7. The molecule has 0 spiro atoms. The molecule has 10 nitrogen and oxygen atoms in total. The van der Waals surface area contributed by atoms with Crippen molar-refractivity contribution >= 4 is 23.9 Å². The molecule has 104 valence electrons. The fraction of sp³-hybridized carbons (Fsp3) is 0.500. The van der Waals surface area contributed by atoms with Crippen molar-refractivity contribution in [2.75, 3.05) is 26.4 Å². The minimum absolute atomic E-state index is 0. The first-order valence-corrected chi connectivity index (χ1v) is 4.20. The van der Waals surface area contributed by atoms with Gasteiger partial charge in [0.1, 0.15) is 0 Å². The van der Waals surface area contributed by atoms with Gasteiger partial charge in [0, 0.05) is 0 Å². The summed E-state index contributed by atoms with van der Waals surface area (Å²) in [6, 6.07) is 0. The van der Waals surface area contributed by atoms with E-state index in [2.05, 4.69) is 9.47 Å². The van der Waals surface area contributed by atoms with Gasteiger partial charge in [0.25, 0.3) is 0 Å². The standard InChI is InChI=1S/2C4H6O5.Zr/c2*5-3(6)1-9-2-4(7)8;/h2*1-2H2,(H,5,6)(H,7,8);/q;;+4/p-4. The zero-order valence-electron chi connectivity index (χ0n) is 9.41. The van der Waals surface area contributed by atoms with Crippen molar-refractivity contribution in [2.24, 2.45) is 0 Å². The van der Waals surface area contributed by atoms with E-state index in [1.807, 2.05) is 0 Å². The topological polar surface area (TPSA) is 179 Å². The number of hydrogen-bond acceptors (Lipinski definition) is 10. The third kappa shape index (κ3) is 31.5. The molecule has 0 unspecified atom stereocenters. The van der Waals surface area contributed by atoms with Gasteiger partial charge < -0.3 is 49.1 Å².